The first-order valence-corrected chi connectivity index (χ1v) is 8.00. The average Bonchev–Trinajstić information content (AvgIpc) is 2.25. The Balaban J connectivity index is 3.89. The van der Waals surface area contributed by atoms with Gasteiger partial charge in [0.2, 0.25) is 15.9 Å². The van der Waals surface area contributed by atoms with Crippen LogP contribution < -0.4 is 5.32 Å². The molecule has 1 atom stereocenters. The molecule has 0 aromatic carbocycles. The highest BCUT2D eigenvalue weighted by molar-refractivity contribution is 7.88. The summed E-state index contributed by atoms with van der Waals surface area (Å²) in [5.74, 6) is -0.0211. The normalized spacial score (nSPS) is 13.7. The van der Waals surface area contributed by atoms with Crippen LogP contribution in [0.3, 0.4) is 0 Å². The number of hydrogen-bond acceptors (Lipinski definition) is 3. The number of hydrogen-bond donors (Lipinski definition) is 1. The Morgan fingerprint density at radius 1 is 1.47 bits per heavy atom. The lowest BCUT2D eigenvalue weighted by molar-refractivity contribution is -0.123. The van der Waals surface area contributed by atoms with E-state index in [4.69, 9.17) is 11.6 Å². The molecule has 5 nitrogen and oxygen atoms in total. The second-order valence-electron chi connectivity index (χ2n) is 3.95. The molecule has 0 heterocycles. The number of carbonyl (C=O) groups is 1. The first-order valence-electron chi connectivity index (χ1n) is 5.61. The average molecular weight is 285 g/mol. The molecule has 0 aliphatic carbocycles. The van der Waals surface area contributed by atoms with Crippen molar-refractivity contribution in [1.82, 2.24) is 9.62 Å². The number of halogens is 1. The van der Waals surface area contributed by atoms with Crippen LogP contribution in [0.1, 0.15) is 20.3 Å². The Morgan fingerprint density at radius 3 is 2.47 bits per heavy atom. The highest BCUT2D eigenvalue weighted by Crippen LogP contribution is 2.00. The molecule has 0 spiro atoms. The Bertz CT molecular complexity index is 332. The summed E-state index contributed by atoms with van der Waals surface area (Å²) in [6.07, 6.45) is 1.78. The molecule has 0 saturated heterocycles. The third kappa shape index (κ3) is 6.85. The number of carbonyl (C=O) groups excluding carboxylic acids is 1. The molecule has 7 heteroatoms. The number of nitrogens with one attached hydrogen (secondary N) is 1. The van der Waals surface area contributed by atoms with Crippen molar-refractivity contribution in [2.24, 2.45) is 5.92 Å². The van der Waals surface area contributed by atoms with E-state index in [2.05, 4.69) is 5.32 Å². The van der Waals surface area contributed by atoms with Crippen LogP contribution in [0.5, 0.6) is 0 Å². The topological polar surface area (TPSA) is 66.5 Å². The van der Waals surface area contributed by atoms with Gasteiger partial charge in [0.05, 0.1) is 6.26 Å². The van der Waals surface area contributed by atoms with Gasteiger partial charge >= 0.3 is 0 Å². The second-order valence-corrected chi connectivity index (χ2v) is 6.25. The highest BCUT2D eigenvalue weighted by atomic mass is 35.5. The number of sulfonamides is 1. The SMILES string of the molecule is CCN(CCCNC(=O)C(C)CCl)S(C)(=O)=O. The van der Waals surface area contributed by atoms with Crippen LogP contribution in [0.2, 0.25) is 0 Å². The fourth-order valence-corrected chi connectivity index (χ4v) is 2.34. The lowest BCUT2D eigenvalue weighted by Gasteiger charge is -2.17. The molecule has 0 bridgehead atoms. The van der Waals surface area contributed by atoms with Crippen LogP contribution in [0.25, 0.3) is 0 Å². The van der Waals surface area contributed by atoms with E-state index in [1.165, 1.54) is 10.6 Å². The molecule has 0 rings (SSSR count). The summed E-state index contributed by atoms with van der Waals surface area (Å²) in [6, 6.07) is 0. The van der Waals surface area contributed by atoms with Crippen LogP contribution in [-0.2, 0) is 14.8 Å². The third-order valence-corrected chi connectivity index (χ3v) is 4.23. The van der Waals surface area contributed by atoms with Crippen molar-refractivity contribution in [3.63, 3.8) is 0 Å². The molecule has 0 fully saturated rings. The molecule has 0 aromatic heterocycles. The molecule has 1 amide bonds. The summed E-state index contributed by atoms with van der Waals surface area (Å²) in [5, 5.41) is 2.72. The molecule has 17 heavy (non-hydrogen) atoms. The quantitative estimate of drug-likeness (QED) is 0.526. The maximum Gasteiger partial charge on any atom is 0.224 e. The lowest BCUT2D eigenvalue weighted by atomic mass is 10.2. The zero-order valence-corrected chi connectivity index (χ0v) is 12.1. The zero-order valence-electron chi connectivity index (χ0n) is 10.6. The molecule has 1 N–H and O–H groups in total. The second kappa shape index (κ2) is 7.89. The van der Waals surface area contributed by atoms with Crippen molar-refractivity contribution in [3.8, 4) is 0 Å². The van der Waals surface area contributed by atoms with E-state index in [1.807, 2.05) is 0 Å². The van der Waals surface area contributed by atoms with E-state index in [1.54, 1.807) is 13.8 Å². The smallest absolute Gasteiger partial charge is 0.224 e. The molecule has 102 valence electrons. The van der Waals surface area contributed by atoms with Crippen molar-refractivity contribution in [2.75, 3.05) is 31.8 Å². The summed E-state index contributed by atoms with van der Waals surface area (Å²) >= 11 is 5.54. The van der Waals surface area contributed by atoms with Crippen molar-refractivity contribution < 1.29 is 13.2 Å². The predicted molar refractivity (Wildman–Crippen MR) is 69.6 cm³/mol. The lowest BCUT2D eigenvalue weighted by Crippen LogP contribution is -2.35. The van der Waals surface area contributed by atoms with Gasteiger partial charge in [-0.25, -0.2) is 12.7 Å². The Labute approximate surface area is 109 Å². The minimum Gasteiger partial charge on any atom is -0.356 e. The van der Waals surface area contributed by atoms with Gasteiger partial charge in [-0.3, -0.25) is 4.79 Å². The van der Waals surface area contributed by atoms with Gasteiger partial charge in [0.1, 0.15) is 0 Å². The Kier molecular flexibility index (Phi) is 7.74. The fraction of sp³-hybridized carbons (Fsp3) is 0.900. The van der Waals surface area contributed by atoms with Crippen LogP contribution >= 0.6 is 11.6 Å². The van der Waals surface area contributed by atoms with Gasteiger partial charge in [-0.2, -0.15) is 0 Å². The third-order valence-electron chi connectivity index (χ3n) is 2.38. The maximum atomic E-state index is 11.4. The van der Waals surface area contributed by atoms with Gasteiger partial charge in [-0.15, -0.1) is 11.6 Å². The minimum atomic E-state index is -3.14. The zero-order chi connectivity index (χ0) is 13.5. The summed E-state index contributed by atoms with van der Waals surface area (Å²) in [6.45, 7) is 4.87. The van der Waals surface area contributed by atoms with E-state index in [9.17, 15) is 13.2 Å². The summed E-state index contributed by atoms with van der Waals surface area (Å²) < 4.78 is 23.9. The van der Waals surface area contributed by atoms with Gasteiger partial charge in [0, 0.05) is 31.4 Å². The molecular formula is C10H21ClN2O3S. The predicted octanol–water partition coefficient (Wildman–Crippen LogP) is 0.649. The maximum absolute atomic E-state index is 11.4. The van der Waals surface area contributed by atoms with Crippen molar-refractivity contribution in [3.05, 3.63) is 0 Å². The van der Waals surface area contributed by atoms with Crippen LogP contribution in [-0.4, -0.2) is 50.4 Å². The summed E-state index contributed by atoms with van der Waals surface area (Å²) in [4.78, 5) is 11.4. The van der Waals surface area contributed by atoms with E-state index >= 15 is 0 Å². The molecule has 0 aliphatic rings. The number of nitrogens with zero attached hydrogens (tertiary/aromatic N) is 1. The monoisotopic (exact) mass is 284 g/mol. The number of amides is 1. The van der Waals surface area contributed by atoms with Gasteiger partial charge < -0.3 is 5.32 Å². The minimum absolute atomic E-state index is 0.0950. The van der Waals surface area contributed by atoms with Crippen molar-refractivity contribution in [2.45, 2.75) is 20.3 Å². The molecule has 0 radical (unpaired) electrons. The van der Waals surface area contributed by atoms with Gasteiger partial charge in [0.25, 0.3) is 0 Å². The molecule has 0 aromatic rings. The van der Waals surface area contributed by atoms with Crippen molar-refractivity contribution >= 4 is 27.5 Å². The summed E-state index contributed by atoms with van der Waals surface area (Å²) in [7, 11) is -3.14. The number of rotatable bonds is 8. The molecule has 0 aliphatic heterocycles. The van der Waals surface area contributed by atoms with Crippen LogP contribution in [0.4, 0.5) is 0 Å². The van der Waals surface area contributed by atoms with Crippen molar-refractivity contribution in [1.29, 1.82) is 0 Å². The van der Waals surface area contributed by atoms with E-state index in [0.717, 1.165) is 0 Å². The molecule has 0 saturated carbocycles. The van der Waals surface area contributed by atoms with E-state index in [0.29, 0.717) is 26.1 Å². The fourth-order valence-electron chi connectivity index (χ4n) is 1.27. The Morgan fingerprint density at radius 2 is 2.06 bits per heavy atom. The first kappa shape index (κ1) is 16.7. The molecular weight excluding hydrogens is 264 g/mol. The van der Waals surface area contributed by atoms with Gasteiger partial charge in [0.15, 0.2) is 0 Å². The highest BCUT2D eigenvalue weighted by Gasteiger charge is 2.14. The Hall–Kier alpha value is -0.330. The van der Waals surface area contributed by atoms with Gasteiger partial charge in [-0.1, -0.05) is 13.8 Å². The standard InChI is InChI=1S/C10H21ClN2O3S/c1-4-13(17(3,15)16)7-5-6-12-10(14)9(2)8-11/h9H,4-8H2,1-3H3,(H,12,14). The van der Waals surface area contributed by atoms with E-state index < -0.39 is 10.0 Å². The molecule has 1 unspecified atom stereocenters. The van der Waals surface area contributed by atoms with E-state index in [-0.39, 0.29) is 17.7 Å². The summed E-state index contributed by atoms with van der Waals surface area (Å²) in [5.41, 5.74) is 0. The largest absolute Gasteiger partial charge is 0.356 e. The van der Waals surface area contributed by atoms with Gasteiger partial charge in [-0.05, 0) is 6.42 Å². The van der Waals surface area contributed by atoms with Crippen LogP contribution in [0.15, 0.2) is 0 Å². The first-order chi connectivity index (χ1) is 7.82. The number of alkyl halides is 1. The van der Waals surface area contributed by atoms with Crippen LogP contribution in [0, 0.1) is 5.92 Å².